The summed E-state index contributed by atoms with van der Waals surface area (Å²) in [5.41, 5.74) is 0. The van der Waals surface area contributed by atoms with Gasteiger partial charge in [-0.15, -0.1) is 11.3 Å². The standard InChI is InChI=1S/C15H27NS/c1-4-6-7-8-9-10-14(16-3)15-12-11-13(5-2)17-15/h11-12,14,16H,4-10H2,1-3H3. The largest absolute Gasteiger partial charge is 0.312 e. The molecule has 1 heterocycles. The van der Waals surface area contributed by atoms with Crippen molar-refractivity contribution in [2.24, 2.45) is 0 Å². The Hall–Kier alpha value is -0.340. The fourth-order valence-electron chi connectivity index (χ4n) is 2.15. The van der Waals surface area contributed by atoms with Gasteiger partial charge in [0.05, 0.1) is 0 Å². The highest BCUT2D eigenvalue weighted by molar-refractivity contribution is 7.12. The second-order valence-corrected chi connectivity index (χ2v) is 5.90. The number of aryl methyl sites for hydroxylation is 1. The fraction of sp³-hybridized carbons (Fsp3) is 0.733. The predicted molar refractivity (Wildman–Crippen MR) is 78.9 cm³/mol. The highest BCUT2D eigenvalue weighted by Crippen LogP contribution is 2.27. The summed E-state index contributed by atoms with van der Waals surface area (Å²) >= 11 is 1.97. The Morgan fingerprint density at radius 1 is 1.12 bits per heavy atom. The predicted octanol–water partition coefficient (Wildman–Crippen LogP) is 4.93. The second-order valence-electron chi connectivity index (χ2n) is 4.70. The second kappa shape index (κ2) is 8.71. The van der Waals surface area contributed by atoms with E-state index in [0.717, 1.165) is 6.42 Å². The Morgan fingerprint density at radius 2 is 1.88 bits per heavy atom. The Morgan fingerprint density at radius 3 is 2.47 bits per heavy atom. The lowest BCUT2D eigenvalue weighted by molar-refractivity contribution is 0.506. The average Bonchev–Trinajstić information content (AvgIpc) is 2.82. The number of rotatable bonds is 9. The van der Waals surface area contributed by atoms with Crippen LogP contribution in [-0.2, 0) is 6.42 Å². The van der Waals surface area contributed by atoms with E-state index < -0.39 is 0 Å². The smallest absolute Gasteiger partial charge is 0.0412 e. The van der Waals surface area contributed by atoms with E-state index >= 15 is 0 Å². The van der Waals surface area contributed by atoms with Crippen molar-refractivity contribution >= 4 is 11.3 Å². The third-order valence-electron chi connectivity index (χ3n) is 3.32. The van der Waals surface area contributed by atoms with Crippen LogP contribution in [0.2, 0.25) is 0 Å². The van der Waals surface area contributed by atoms with Crippen LogP contribution in [-0.4, -0.2) is 7.05 Å². The quantitative estimate of drug-likeness (QED) is 0.615. The zero-order chi connectivity index (χ0) is 12.5. The third kappa shape index (κ3) is 5.22. The van der Waals surface area contributed by atoms with Gasteiger partial charge in [-0.2, -0.15) is 0 Å². The van der Waals surface area contributed by atoms with E-state index in [1.165, 1.54) is 48.3 Å². The molecule has 0 aliphatic rings. The Bertz CT molecular complexity index is 293. The molecule has 0 amide bonds. The maximum atomic E-state index is 3.46. The summed E-state index contributed by atoms with van der Waals surface area (Å²) in [5.74, 6) is 0. The molecule has 1 unspecified atom stereocenters. The SMILES string of the molecule is CCCCCCCC(NC)c1ccc(CC)s1. The van der Waals surface area contributed by atoms with E-state index in [4.69, 9.17) is 0 Å². The van der Waals surface area contributed by atoms with E-state index in [1.54, 1.807) is 0 Å². The van der Waals surface area contributed by atoms with E-state index in [2.05, 4.69) is 38.3 Å². The average molecular weight is 253 g/mol. The van der Waals surface area contributed by atoms with Gasteiger partial charge in [-0.3, -0.25) is 0 Å². The lowest BCUT2D eigenvalue weighted by Gasteiger charge is -2.14. The first kappa shape index (κ1) is 14.7. The molecule has 98 valence electrons. The first-order valence-electron chi connectivity index (χ1n) is 7.07. The molecule has 0 spiro atoms. The van der Waals surface area contributed by atoms with Crippen LogP contribution in [0.4, 0.5) is 0 Å². The lowest BCUT2D eigenvalue weighted by atomic mass is 10.1. The van der Waals surface area contributed by atoms with Crippen molar-refractivity contribution in [1.82, 2.24) is 5.32 Å². The van der Waals surface area contributed by atoms with Crippen molar-refractivity contribution < 1.29 is 0 Å². The molecule has 0 saturated heterocycles. The normalized spacial score (nSPS) is 12.9. The molecule has 0 fully saturated rings. The number of hydrogen-bond donors (Lipinski definition) is 1. The highest BCUT2D eigenvalue weighted by Gasteiger charge is 2.10. The van der Waals surface area contributed by atoms with Crippen LogP contribution in [0.25, 0.3) is 0 Å². The van der Waals surface area contributed by atoms with Crippen molar-refractivity contribution in [2.75, 3.05) is 7.05 Å². The van der Waals surface area contributed by atoms with Crippen molar-refractivity contribution in [3.8, 4) is 0 Å². The minimum atomic E-state index is 0.571. The van der Waals surface area contributed by atoms with Crippen LogP contribution in [0.3, 0.4) is 0 Å². The summed E-state index contributed by atoms with van der Waals surface area (Å²) in [4.78, 5) is 3.02. The van der Waals surface area contributed by atoms with Gasteiger partial charge in [0.15, 0.2) is 0 Å². The van der Waals surface area contributed by atoms with Gasteiger partial charge in [0.2, 0.25) is 0 Å². The van der Waals surface area contributed by atoms with Crippen molar-refractivity contribution in [1.29, 1.82) is 0 Å². The van der Waals surface area contributed by atoms with Gasteiger partial charge >= 0.3 is 0 Å². The van der Waals surface area contributed by atoms with Gasteiger partial charge < -0.3 is 5.32 Å². The fourth-order valence-corrected chi connectivity index (χ4v) is 3.25. The summed E-state index contributed by atoms with van der Waals surface area (Å²) in [5, 5.41) is 3.46. The van der Waals surface area contributed by atoms with Gasteiger partial charge in [0.25, 0.3) is 0 Å². The van der Waals surface area contributed by atoms with E-state index in [1.807, 2.05) is 11.3 Å². The maximum absolute atomic E-state index is 3.46. The number of nitrogens with one attached hydrogen (secondary N) is 1. The number of thiophene rings is 1. The molecule has 0 aliphatic carbocycles. The monoisotopic (exact) mass is 253 g/mol. The molecular weight excluding hydrogens is 226 g/mol. The molecule has 2 heteroatoms. The molecule has 0 bridgehead atoms. The molecule has 1 N–H and O–H groups in total. The van der Waals surface area contributed by atoms with Gasteiger partial charge in [-0.1, -0.05) is 46.0 Å². The first-order chi connectivity index (χ1) is 8.31. The van der Waals surface area contributed by atoms with Crippen LogP contribution in [0, 0.1) is 0 Å². The number of hydrogen-bond acceptors (Lipinski definition) is 2. The van der Waals surface area contributed by atoms with Crippen LogP contribution in [0.15, 0.2) is 12.1 Å². The Balaban J connectivity index is 2.32. The summed E-state index contributed by atoms with van der Waals surface area (Å²) in [6.45, 7) is 4.50. The molecule has 1 aromatic heterocycles. The molecule has 0 aromatic carbocycles. The van der Waals surface area contributed by atoms with Gasteiger partial charge in [0, 0.05) is 15.8 Å². The molecule has 1 aromatic rings. The third-order valence-corrected chi connectivity index (χ3v) is 4.66. The molecular formula is C15H27NS. The highest BCUT2D eigenvalue weighted by atomic mass is 32.1. The summed E-state index contributed by atoms with van der Waals surface area (Å²) < 4.78 is 0. The summed E-state index contributed by atoms with van der Waals surface area (Å²) in [7, 11) is 2.09. The molecule has 1 atom stereocenters. The molecule has 0 radical (unpaired) electrons. The molecule has 0 saturated carbocycles. The maximum Gasteiger partial charge on any atom is 0.0412 e. The van der Waals surface area contributed by atoms with Crippen LogP contribution < -0.4 is 5.32 Å². The van der Waals surface area contributed by atoms with Gasteiger partial charge in [-0.05, 0) is 32.0 Å². The van der Waals surface area contributed by atoms with E-state index in [9.17, 15) is 0 Å². The summed E-state index contributed by atoms with van der Waals surface area (Å²) in [6.07, 6.45) is 9.31. The van der Waals surface area contributed by atoms with Crippen molar-refractivity contribution in [3.05, 3.63) is 21.9 Å². The molecule has 0 aliphatic heterocycles. The van der Waals surface area contributed by atoms with Crippen LogP contribution in [0.1, 0.15) is 68.2 Å². The zero-order valence-corrected chi connectivity index (χ0v) is 12.4. The van der Waals surface area contributed by atoms with Crippen LogP contribution in [0.5, 0.6) is 0 Å². The minimum Gasteiger partial charge on any atom is -0.312 e. The van der Waals surface area contributed by atoms with Crippen molar-refractivity contribution in [2.45, 2.75) is 64.8 Å². The zero-order valence-electron chi connectivity index (χ0n) is 11.6. The topological polar surface area (TPSA) is 12.0 Å². The van der Waals surface area contributed by atoms with Crippen LogP contribution >= 0.6 is 11.3 Å². The van der Waals surface area contributed by atoms with E-state index in [-0.39, 0.29) is 0 Å². The van der Waals surface area contributed by atoms with Gasteiger partial charge in [0.1, 0.15) is 0 Å². The molecule has 1 nitrogen and oxygen atoms in total. The molecule has 17 heavy (non-hydrogen) atoms. The lowest BCUT2D eigenvalue weighted by Crippen LogP contribution is -2.14. The molecule has 1 rings (SSSR count). The minimum absolute atomic E-state index is 0.571. The first-order valence-corrected chi connectivity index (χ1v) is 7.89. The van der Waals surface area contributed by atoms with Gasteiger partial charge in [-0.25, -0.2) is 0 Å². The Labute approximate surface area is 111 Å². The Kier molecular flexibility index (Phi) is 7.54. The summed E-state index contributed by atoms with van der Waals surface area (Å²) in [6, 6.07) is 5.15. The van der Waals surface area contributed by atoms with E-state index in [0.29, 0.717) is 6.04 Å². The van der Waals surface area contributed by atoms with Crippen molar-refractivity contribution in [3.63, 3.8) is 0 Å². The number of unbranched alkanes of at least 4 members (excludes halogenated alkanes) is 4.